The number of nitrogens with zero attached hydrogens (tertiary/aromatic N) is 1. The summed E-state index contributed by atoms with van der Waals surface area (Å²) in [7, 11) is 3.26. The van der Waals surface area contributed by atoms with Crippen molar-refractivity contribution in [2.24, 2.45) is 0 Å². The van der Waals surface area contributed by atoms with Crippen molar-refractivity contribution in [1.82, 2.24) is 10.2 Å². The van der Waals surface area contributed by atoms with Crippen LogP contribution in [0.2, 0.25) is 0 Å². The first kappa shape index (κ1) is 65.4. The molecular weight excluding hydrogens is 981 g/mol. The van der Waals surface area contributed by atoms with Gasteiger partial charge in [-0.15, -0.1) is 0 Å². The molecule has 1 atom stereocenters. The highest BCUT2D eigenvalue weighted by Gasteiger charge is 2.31. The predicted molar refractivity (Wildman–Crippen MR) is 277 cm³/mol. The Morgan fingerprint density at radius 2 is 0.800 bits per heavy atom. The third-order valence-electron chi connectivity index (χ3n) is 10.9. The SMILES string of the molecule is COCCOCCOCCOCCOCCOCCOCCN(CCOCCOCCOCCOCCOCCOCCOC)C(=O)[C@H](CCC(=O)OC(C)(C)C)NC(=O)OCC1c2ccccc2-c2ccccc21. The number of fused-ring (bicyclic) bond motifs is 3. The molecule has 2 amide bonds. The Hall–Kier alpha value is -3.91. The zero-order valence-electron chi connectivity index (χ0n) is 45.4. The Balaban J connectivity index is 1.44. The number of ether oxygens (including phenoxy) is 16. The highest BCUT2D eigenvalue weighted by Crippen LogP contribution is 2.44. The Labute approximate surface area is 444 Å². The fraction of sp³-hybridized carbons (Fsp3) is 0.722. The summed E-state index contributed by atoms with van der Waals surface area (Å²) >= 11 is 0. The minimum Gasteiger partial charge on any atom is -0.460 e. The molecule has 0 radical (unpaired) electrons. The van der Waals surface area contributed by atoms with Gasteiger partial charge in [0, 0.05) is 39.6 Å². The smallest absolute Gasteiger partial charge is 0.407 e. The maximum absolute atomic E-state index is 14.4. The molecule has 75 heavy (non-hydrogen) atoms. The van der Waals surface area contributed by atoms with E-state index in [0.717, 1.165) is 22.3 Å². The second-order valence-electron chi connectivity index (χ2n) is 17.8. The fourth-order valence-corrected chi connectivity index (χ4v) is 7.28. The van der Waals surface area contributed by atoms with Crippen LogP contribution in [0.3, 0.4) is 0 Å². The lowest BCUT2D eigenvalue weighted by Gasteiger charge is -2.28. The van der Waals surface area contributed by atoms with Gasteiger partial charge in [-0.3, -0.25) is 9.59 Å². The summed E-state index contributed by atoms with van der Waals surface area (Å²) in [4.78, 5) is 42.4. The normalized spacial score (nSPS) is 12.7. The molecule has 2 aromatic rings. The summed E-state index contributed by atoms with van der Waals surface area (Å²) in [6.07, 6.45) is -0.930. The van der Waals surface area contributed by atoms with Crippen molar-refractivity contribution in [3.05, 3.63) is 59.7 Å². The number of benzene rings is 2. The van der Waals surface area contributed by atoms with Gasteiger partial charge >= 0.3 is 12.1 Å². The Morgan fingerprint density at radius 1 is 0.480 bits per heavy atom. The molecule has 0 heterocycles. The molecule has 0 spiro atoms. The van der Waals surface area contributed by atoms with Gasteiger partial charge in [0.2, 0.25) is 5.91 Å². The van der Waals surface area contributed by atoms with E-state index in [0.29, 0.717) is 145 Å². The number of alkyl carbamates (subject to hydrolysis) is 1. The van der Waals surface area contributed by atoms with Crippen LogP contribution in [-0.2, 0) is 85.4 Å². The van der Waals surface area contributed by atoms with Gasteiger partial charge in [0.25, 0.3) is 0 Å². The number of carbonyl (C=O) groups is 3. The number of amides is 2. The van der Waals surface area contributed by atoms with Crippen LogP contribution in [0.4, 0.5) is 4.79 Å². The van der Waals surface area contributed by atoms with Gasteiger partial charge in [-0.05, 0) is 49.4 Å². The van der Waals surface area contributed by atoms with Gasteiger partial charge in [0.05, 0.1) is 172 Å². The van der Waals surface area contributed by atoms with Crippen LogP contribution in [0.5, 0.6) is 0 Å². The van der Waals surface area contributed by atoms with Gasteiger partial charge in [-0.2, -0.15) is 0 Å². The number of esters is 1. The Kier molecular flexibility index (Phi) is 37.6. The van der Waals surface area contributed by atoms with E-state index < -0.39 is 29.6 Å². The average Bonchev–Trinajstić information content (AvgIpc) is 3.72. The van der Waals surface area contributed by atoms with Crippen molar-refractivity contribution in [3.63, 3.8) is 0 Å². The molecule has 1 aliphatic rings. The second-order valence-corrected chi connectivity index (χ2v) is 17.8. The third kappa shape index (κ3) is 31.8. The molecule has 0 bridgehead atoms. The second kappa shape index (κ2) is 43.1. The quantitative estimate of drug-likeness (QED) is 0.0721. The number of methoxy groups -OCH3 is 2. The number of nitrogens with one attached hydrogen (secondary N) is 1. The van der Waals surface area contributed by atoms with Crippen molar-refractivity contribution in [1.29, 1.82) is 0 Å². The molecule has 21 nitrogen and oxygen atoms in total. The molecule has 0 unspecified atom stereocenters. The van der Waals surface area contributed by atoms with Crippen molar-refractivity contribution >= 4 is 18.0 Å². The minimum absolute atomic E-state index is 0.0270. The van der Waals surface area contributed by atoms with Crippen LogP contribution < -0.4 is 5.32 Å². The summed E-state index contributed by atoms with van der Waals surface area (Å²) in [6.45, 7) is 16.5. The number of carbonyl (C=O) groups excluding carboxylic acids is 3. The van der Waals surface area contributed by atoms with Crippen LogP contribution >= 0.6 is 0 Å². The molecule has 2 aromatic carbocycles. The molecule has 3 rings (SSSR count). The lowest BCUT2D eigenvalue weighted by Crippen LogP contribution is -2.50. The molecule has 428 valence electrons. The van der Waals surface area contributed by atoms with Gasteiger partial charge in [-0.25, -0.2) is 4.79 Å². The maximum Gasteiger partial charge on any atom is 0.407 e. The molecule has 1 aliphatic carbocycles. The summed E-state index contributed by atoms with van der Waals surface area (Å²) in [5, 5.41) is 2.77. The van der Waals surface area contributed by atoms with Gasteiger partial charge in [-0.1, -0.05) is 48.5 Å². The van der Waals surface area contributed by atoms with E-state index in [9.17, 15) is 14.4 Å². The molecule has 1 N–H and O–H groups in total. The monoisotopic (exact) mass is 1070 g/mol. The minimum atomic E-state index is -1.12. The van der Waals surface area contributed by atoms with E-state index in [1.807, 2.05) is 36.4 Å². The lowest BCUT2D eigenvalue weighted by molar-refractivity contribution is -0.155. The lowest BCUT2D eigenvalue weighted by atomic mass is 9.98. The topological polar surface area (TPSA) is 214 Å². The van der Waals surface area contributed by atoms with Crippen molar-refractivity contribution in [2.45, 2.75) is 51.2 Å². The van der Waals surface area contributed by atoms with Gasteiger partial charge in [0.1, 0.15) is 18.2 Å². The van der Waals surface area contributed by atoms with Crippen LogP contribution in [0.1, 0.15) is 50.7 Å². The van der Waals surface area contributed by atoms with Crippen LogP contribution in [0, 0.1) is 0 Å². The largest absolute Gasteiger partial charge is 0.460 e. The zero-order valence-corrected chi connectivity index (χ0v) is 45.4. The van der Waals surface area contributed by atoms with Gasteiger partial charge < -0.3 is 86.0 Å². The molecule has 0 saturated heterocycles. The Bertz CT molecular complexity index is 1660. The summed E-state index contributed by atoms with van der Waals surface area (Å²) < 4.78 is 88.1. The van der Waals surface area contributed by atoms with Crippen LogP contribution in [-0.4, -0.2) is 240 Å². The zero-order chi connectivity index (χ0) is 53.9. The highest BCUT2D eigenvalue weighted by molar-refractivity contribution is 5.86. The van der Waals surface area contributed by atoms with Crippen LogP contribution in [0.25, 0.3) is 11.1 Å². The Morgan fingerprint density at radius 3 is 1.13 bits per heavy atom. The van der Waals surface area contributed by atoms with E-state index >= 15 is 0 Å². The first-order chi connectivity index (χ1) is 36.6. The predicted octanol–water partition coefficient (Wildman–Crippen LogP) is 4.34. The first-order valence-corrected chi connectivity index (χ1v) is 26.2. The van der Waals surface area contributed by atoms with E-state index in [4.69, 9.17) is 75.8 Å². The van der Waals surface area contributed by atoms with Crippen LogP contribution in [0.15, 0.2) is 48.5 Å². The van der Waals surface area contributed by atoms with Crippen molar-refractivity contribution in [3.8, 4) is 11.1 Å². The number of hydrogen-bond acceptors (Lipinski definition) is 19. The van der Waals surface area contributed by atoms with E-state index in [-0.39, 0.29) is 64.9 Å². The number of rotatable bonds is 49. The first-order valence-electron chi connectivity index (χ1n) is 26.2. The summed E-state index contributed by atoms with van der Waals surface area (Å²) in [5.74, 6) is -1.11. The summed E-state index contributed by atoms with van der Waals surface area (Å²) in [5.41, 5.74) is 3.56. The van der Waals surface area contributed by atoms with Crippen molar-refractivity contribution < 1.29 is 90.2 Å². The van der Waals surface area contributed by atoms with Gasteiger partial charge in [0.15, 0.2) is 0 Å². The standard InChI is InChI=1S/C54H88N2O19/c1-54(2,3)75-51(57)15-14-50(55-53(59)74-44-49-47-12-8-6-10-45(47)46-11-7-9-13-48(46)49)52(58)56(16-18-62-24-26-66-32-34-70-40-42-72-38-36-68-30-28-64-22-20-60-4)17-19-63-25-27-67-33-35-71-41-43-73-39-37-69-31-29-65-23-21-61-5/h6-13,49-50H,14-44H2,1-5H3,(H,55,59)/t50-/m0/s1. The fourth-order valence-electron chi connectivity index (χ4n) is 7.28. The summed E-state index contributed by atoms with van der Waals surface area (Å²) in [6, 6.07) is 14.9. The van der Waals surface area contributed by atoms with E-state index in [1.54, 1.807) is 39.9 Å². The van der Waals surface area contributed by atoms with E-state index in [2.05, 4.69) is 17.4 Å². The molecule has 0 aromatic heterocycles. The molecule has 0 aliphatic heterocycles. The highest BCUT2D eigenvalue weighted by atomic mass is 16.6. The molecule has 21 heteroatoms. The van der Waals surface area contributed by atoms with E-state index in [1.165, 1.54) is 0 Å². The maximum atomic E-state index is 14.4. The average molecular weight is 1070 g/mol. The third-order valence-corrected chi connectivity index (χ3v) is 10.9. The molecule has 0 saturated carbocycles. The van der Waals surface area contributed by atoms with Crippen molar-refractivity contribution in [2.75, 3.05) is 206 Å². The number of hydrogen-bond donors (Lipinski definition) is 1. The molecule has 0 fully saturated rings. The molecular formula is C54H88N2O19.